The van der Waals surface area contributed by atoms with Crippen LogP contribution < -0.4 is 5.32 Å². The molecule has 0 radical (unpaired) electrons. The quantitative estimate of drug-likeness (QED) is 0.845. The second-order valence-corrected chi connectivity index (χ2v) is 4.16. The molecule has 0 saturated heterocycles. The molecule has 1 N–H and O–H groups in total. The summed E-state index contributed by atoms with van der Waals surface area (Å²) in [7, 11) is 3.54. The average Bonchev–Trinajstić information content (AvgIpc) is 2.25. The first-order valence-corrected chi connectivity index (χ1v) is 5.62. The molecule has 1 aromatic carbocycles. The lowest BCUT2D eigenvalue weighted by Crippen LogP contribution is -2.22. The van der Waals surface area contributed by atoms with E-state index in [1.807, 2.05) is 25.1 Å². The van der Waals surface area contributed by atoms with Gasteiger partial charge in [-0.05, 0) is 37.1 Å². The SMILES string of the molecule is CCCNc1ccc(C(=O)N(C)C)c(C)c1. The summed E-state index contributed by atoms with van der Waals surface area (Å²) in [5.41, 5.74) is 2.86. The van der Waals surface area contributed by atoms with Crippen molar-refractivity contribution in [2.45, 2.75) is 20.3 Å². The standard InChI is InChI=1S/C13H20N2O/c1-5-8-14-11-6-7-12(10(2)9-11)13(16)15(3)4/h6-7,9,14H,5,8H2,1-4H3. The van der Waals surface area contributed by atoms with Gasteiger partial charge in [-0.25, -0.2) is 0 Å². The summed E-state index contributed by atoms with van der Waals surface area (Å²) >= 11 is 0. The molecule has 3 nitrogen and oxygen atoms in total. The van der Waals surface area contributed by atoms with Crippen LogP contribution in [-0.4, -0.2) is 31.4 Å². The van der Waals surface area contributed by atoms with Gasteiger partial charge >= 0.3 is 0 Å². The van der Waals surface area contributed by atoms with Crippen molar-refractivity contribution in [3.8, 4) is 0 Å². The summed E-state index contributed by atoms with van der Waals surface area (Å²) in [6, 6.07) is 5.86. The van der Waals surface area contributed by atoms with Crippen molar-refractivity contribution in [1.29, 1.82) is 0 Å². The Morgan fingerprint density at radius 3 is 2.56 bits per heavy atom. The fourth-order valence-electron chi connectivity index (χ4n) is 1.52. The predicted octanol–water partition coefficient (Wildman–Crippen LogP) is 2.52. The van der Waals surface area contributed by atoms with Gasteiger partial charge in [-0.1, -0.05) is 6.92 Å². The van der Waals surface area contributed by atoms with E-state index in [0.29, 0.717) is 0 Å². The van der Waals surface area contributed by atoms with Crippen molar-refractivity contribution < 1.29 is 4.79 Å². The number of hydrogen-bond donors (Lipinski definition) is 1. The summed E-state index contributed by atoms with van der Waals surface area (Å²) in [6.07, 6.45) is 1.09. The number of benzene rings is 1. The summed E-state index contributed by atoms with van der Waals surface area (Å²) in [5.74, 6) is 0.0551. The Balaban J connectivity index is 2.87. The molecule has 0 spiro atoms. The first-order valence-electron chi connectivity index (χ1n) is 5.62. The third-order valence-corrected chi connectivity index (χ3v) is 2.44. The van der Waals surface area contributed by atoms with Gasteiger partial charge in [0.1, 0.15) is 0 Å². The van der Waals surface area contributed by atoms with Crippen molar-refractivity contribution in [2.24, 2.45) is 0 Å². The van der Waals surface area contributed by atoms with Crippen LogP contribution in [0.15, 0.2) is 18.2 Å². The molecule has 0 aliphatic rings. The van der Waals surface area contributed by atoms with Crippen LogP contribution in [-0.2, 0) is 0 Å². The molecule has 0 fully saturated rings. The summed E-state index contributed by atoms with van der Waals surface area (Å²) in [5, 5.41) is 3.31. The van der Waals surface area contributed by atoms with Crippen molar-refractivity contribution in [2.75, 3.05) is 26.0 Å². The monoisotopic (exact) mass is 220 g/mol. The second-order valence-electron chi connectivity index (χ2n) is 4.16. The van der Waals surface area contributed by atoms with Gasteiger partial charge in [-0.3, -0.25) is 4.79 Å². The van der Waals surface area contributed by atoms with E-state index < -0.39 is 0 Å². The minimum Gasteiger partial charge on any atom is -0.385 e. The zero-order chi connectivity index (χ0) is 12.1. The summed E-state index contributed by atoms with van der Waals surface area (Å²) < 4.78 is 0. The second kappa shape index (κ2) is 5.54. The fourth-order valence-corrected chi connectivity index (χ4v) is 1.52. The van der Waals surface area contributed by atoms with Crippen LogP contribution in [0, 0.1) is 6.92 Å². The molecule has 1 amide bonds. The first-order chi connectivity index (χ1) is 7.56. The van der Waals surface area contributed by atoms with E-state index in [9.17, 15) is 4.79 Å². The molecule has 0 unspecified atom stereocenters. The zero-order valence-electron chi connectivity index (χ0n) is 10.5. The minimum atomic E-state index is 0.0551. The third-order valence-electron chi connectivity index (χ3n) is 2.44. The third kappa shape index (κ3) is 2.99. The van der Waals surface area contributed by atoms with Gasteiger partial charge in [-0.2, -0.15) is 0 Å². The van der Waals surface area contributed by atoms with E-state index in [0.717, 1.165) is 29.8 Å². The lowest BCUT2D eigenvalue weighted by atomic mass is 10.1. The van der Waals surface area contributed by atoms with E-state index in [1.165, 1.54) is 0 Å². The van der Waals surface area contributed by atoms with E-state index >= 15 is 0 Å². The summed E-state index contributed by atoms with van der Waals surface area (Å²) in [6.45, 7) is 5.05. The van der Waals surface area contributed by atoms with E-state index in [2.05, 4.69) is 12.2 Å². The molecule has 0 aliphatic heterocycles. The molecule has 0 aromatic heterocycles. The number of carbonyl (C=O) groups is 1. The predicted molar refractivity (Wildman–Crippen MR) is 68.0 cm³/mol. The van der Waals surface area contributed by atoms with Crippen molar-refractivity contribution >= 4 is 11.6 Å². The highest BCUT2D eigenvalue weighted by atomic mass is 16.2. The Bertz CT molecular complexity index is 372. The maximum atomic E-state index is 11.8. The Hall–Kier alpha value is -1.51. The van der Waals surface area contributed by atoms with Gasteiger partial charge in [0.25, 0.3) is 5.91 Å². The molecule has 0 heterocycles. The molecule has 88 valence electrons. The molecule has 0 saturated carbocycles. The molecule has 16 heavy (non-hydrogen) atoms. The smallest absolute Gasteiger partial charge is 0.253 e. The lowest BCUT2D eigenvalue weighted by molar-refractivity contribution is 0.0827. The number of aryl methyl sites for hydroxylation is 1. The molecule has 1 rings (SSSR count). The molecule has 0 bridgehead atoms. The highest BCUT2D eigenvalue weighted by Gasteiger charge is 2.10. The van der Waals surface area contributed by atoms with Crippen LogP contribution in [0.3, 0.4) is 0 Å². The van der Waals surface area contributed by atoms with E-state index in [4.69, 9.17) is 0 Å². The highest BCUT2D eigenvalue weighted by Crippen LogP contribution is 2.16. The molecular weight excluding hydrogens is 200 g/mol. The number of amides is 1. The van der Waals surface area contributed by atoms with Gasteiger partial charge in [-0.15, -0.1) is 0 Å². The topological polar surface area (TPSA) is 32.3 Å². The number of hydrogen-bond acceptors (Lipinski definition) is 2. The Morgan fingerprint density at radius 2 is 2.06 bits per heavy atom. The number of nitrogens with zero attached hydrogens (tertiary/aromatic N) is 1. The summed E-state index contributed by atoms with van der Waals surface area (Å²) in [4.78, 5) is 13.4. The van der Waals surface area contributed by atoms with E-state index in [1.54, 1.807) is 19.0 Å². The van der Waals surface area contributed by atoms with Gasteiger partial charge in [0.05, 0.1) is 0 Å². The van der Waals surface area contributed by atoms with Crippen LogP contribution in [0.5, 0.6) is 0 Å². The Morgan fingerprint density at radius 1 is 1.38 bits per heavy atom. The average molecular weight is 220 g/mol. The van der Waals surface area contributed by atoms with Gasteiger partial charge in [0.15, 0.2) is 0 Å². The molecular formula is C13H20N2O. The van der Waals surface area contributed by atoms with Crippen molar-refractivity contribution in [1.82, 2.24) is 4.90 Å². The molecule has 1 aromatic rings. The maximum Gasteiger partial charge on any atom is 0.253 e. The van der Waals surface area contributed by atoms with Crippen LogP contribution in [0.2, 0.25) is 0 Å². The van der Waals surface area contributed by atoms with Crippen LogP contribution in [0.4, 0.5) is 5.69 Å². The normalized spacial score (nSPS) is 10.0. The maximum absolute atomic E-state index is 11.8. The molecule has 3 heteroatoms. The Labute approximate surface area is 97.5 Å². The highest BCUT2D eigenvalue weighted by molar-refractivity contribution is 5.95. The fraction of sp³-hybridized carbons (Fsp3) is 0.462. The number of anilines is 1. The van der Waals surface area contributed by atoms with Crippen molar-refractivity contribution in [3.05, 3.63) is 29.3 Å². The van der Waals surface area contributed by atoms with Gasteiger partial charge in [0.2, 0.25) is 0 Å². The first kappa shape index (κ1) is 12.6. The van der Waals surface area contributed by atoms with Crippen molar-refractivity contribution in [3.63, 3.8) is 0 Å². The Kier molecular flexibility index (Phi) is 4.35. The largest absolute Gasteiger partial charge is 0.385 e. The molecule has 0 atom stereocenters. The zero-order valence-corrected chi connectivity index (χ0v) is 10.5. The minimum absolute atomic E-state index is 0.0551. The van der Waals surface area contributed by atoms with Crippen LogP contribution in [0.1, 0.15) is 29.3 Å². The lowest BCUT2D eigenvalue weighted by Gasteiger charge is -2.13. The van der Waals surface area contributed by atoms with Crippen LogP contribution >= 0.6 is 0 Å². The number of nitrogens with one attached hydrogen (secondary N) is 1. The van der Waals surface area contributed by atoms with Gasteiger partial charge < -0.3 is 10.2 Å². The number of carbonyl (C=O) groups excluding carboxylic acids is 1. The molecule has 0 aliphatic carbocycles. The van der Waals surface area contributed by atoms with E-state index in [-0.39, 0.29) is 5.91 Å². The van der Waals surface area contributed by atoms with Gasteiger partial charge in [0, 0.05) is 31.9 Å². The number of rotatable bonds is 4. The van der Waals surface area contributed by atoms with Crippen LogP contribution in [0.25, 0.3) is 0 Å².